The van der Waals surface area contributed by atoms with Crippen LogP contribution in [0.15, 0.2) is 22.7 Å². The molecule has 1 atom stereocenters. The van der Waals surface area contributed by atoms with E-state index in [-0.39, 0.29) is 5.54 Å². The predicted molar refractivity (Wildman–Crippen MR) is 78.6 cm³/mol. The number of aryl methyl sites for hydroxylation is 1. The summed E-state index contributed by atoms with van der Waals surface area (Å²) in [5.74, 6) is 0.461. The summed E-state index contributed by atoms with van der Waals surface area (Å²) in [6, 6.07) is 8.83. The van der Waals surface area contributed by atoms with Gasteiger partial charge in [0.2, 0.25) is 0 Å². The van der Waals surface area contributed by atoms with Crippen LogP contribution in [0.3, 0.4) is 0 Å². The van der Waals surface area contributed by atoms with E-state index in [1.807, 2.05) is 0 Å². The maximum atomic E-state index is 8.92. The molecule has 1 aliphatic heterocycles. The maximum absolute atomic E-state index is 8.92. The molecule has 1 heterocycles. The second-order valence-electron chi connectivity index (χ2n) is 5.59. The molecule has 0 N–H and O–H groups in total. The minimum absolute atomic E-state index is 0.0599. The highest BCUT2D eigenvalue weighted by atomic mass is 79.9. The van der Waals surface area contributed by atoms with Gasteiger partial charge in [0.25, 0.3) is 0 Å². The molecule has 0 aliphatic carbocycles. The zero-order chi connectivity index (χ0) is 13.3. The first-order valence-corrected chi connectivity index (χ1v) is 7.17. The fourth-order valence-electron chi connectivity index (χ4n) is 2.82. The summed E-state index contributed by atoms with van der Waals surface area (Å²) >= 11 is 3.60. The van der Waals surface area contributed by atoms with Crippen LogP contribution in [0.25, 0.3) is 0 Å². The van der Waals surface area contributed by atoms with E-state index < -0.39 is 0 Å². The third-order valence-electron chi connectivity index (χ3n) is 4.20. The molecule has 3 heteroatoms. The van der Waals surface area contributed by atoms with Crippen LogP contribution < -0.4 is 4.90 Å². The van der Waals surface area contributed by atoms with Gasteiger partial charge in [-0.3, -0.25) is 0 Å². The molecule has 1 aromatic rings. The Hall–Kier alpha value is -1.01. The van der Waals surface area contributed by atoms with Crippen molar-refractivity contribution in [3.8, 4) is 6.07 Å². The van der Waals surface area contributed by atoms with Crippen LogP contribution in [0, 0.1) is 24.2 Å². The normalized spacial score (nSPS) is 21.9. The van der Waals surface area contributed by atoms with Crippen molar-refractivity contribution in [2.24, 2.45) is 5.92 Å². The van der Waals surface area contributed by atoms with E-state index in [2.05, 4.69) is 65.9 Å². The van der Waals surface area contributed by atoms with E-state index in [0.717, 1.165) is 17.4 Å². The van der Waals surface area contributed by atoms with Crippen molar-refractivity contribution in [3.05, 3.63) is 28.2 Å². The van der Waals surface area contributed by atoms with Gasteiger partial charge in [-0.2, -0.15) is 5.26 Å². The molecule has 1 aliphatic rings. The number of rotatable bonds is 2. The Morgan fingerprint density at radius 2 is 2.22 bits per heavy atom. The van der Waals surface area contributed by atoms with Gasteiger partial charge < -0.3 is 4.90 Å². The molecule has 18 heavy (non-hydrogen) atoms. The van der Waals surface area contributed by atoms with Crippen LogP contribution in [-0.2, 0) is 0 Å². The van der Waals surface area contributed by atoms with E-state index in [4.69, 9.17) is 5.26 Å². The molecule has 0 saturated carbocycles. The Morgan fingerprint density at radius 3 is 2.83 bits per heavy atom. The molecule has 1 fully saturated rings. The van der Waals surface area contributed by atoms with E-state index in [1.54, 1.807) is 0 Å². The van der Waals surface area contributed by atoms with E-state index in [0.29, 0.717) is 12.3 Å². The predicted octanol–water partition coefficient (Wildman–Crippen LogP) is 4.28. The fourth-order valence-corrected chi connectivity index (χ4v) is 3.19. The van der Waals surface area contributed by atoms with Crippen LogP contribution in [0.5, 0.6) is 0 Å². The summed E-state index contributed by atoms with van der Waals surface area (Å²) in [4.78, 5) is 2.43. The topological polar surface area (TPSA) is 27.0 Å². The van der Waals surface area contributed by atoms with Crippen LogP contribution in [0.4, 0.5) is 5.69 Å². The Bertz CT molecular complexity index is 488. The lowest BCUT2D eigenvalue weighted by molar-refractivity contribution is 0.371. The molecule has 1 aromatic carbocycles. The van der Waals surface area contributed by atoms with E-state index in [9.17, 15) is 0 Å². The number of benzene rings is 1. The number of anilines is 1. The molecule has 0 amide bonds. The molecule has 0 spiro atoms. The molecule has 1 unspecified atom stereocenters. The summed E-state index contributed by atoms with van der Waals surface area (Å²) < 4.78 is 1.15. The molecule has 0 bridgehead atoms. The highest BCUT2D eigenvalue weighted by Gasteiger charge is 2.40. The Labute approximate surface area is 118 Å². The van der Waals surface area contributed by atoms with Gasteiger partial charge in [-0.1, -0.05) is 22.0 Å². The number of hydrogen-bond donors (Lipinski definition) is 0. The number of nitriles is 1. The third kappa shape index (κ3) is 2.27. The van der Waals surface area contributed by atoms with Crippen LogP contribution in [0.2, 0.25) is 0 Å². The average molecular weight is 307 g/mol. The van der Waals surface area contributed by atoms with Crippen molar-refractivity contribution in [2.75, 3.05) is 11.4 Å². The van der Waals surface area contributed by atoms with Gasteiger partial charge in [-0.05, 0) is 50.8 Å². The van der Waals surface area contributed by atoms with Gasteiger partial charge in [0.05, 0.1) is 6.07 Å². The van der Waals surface area contributed by atoms with Gasteiger partial charge in [0.15, 0.2) is 0 Å². The van der Waals surface area contributed by atoms with E-state index in [1.165, 1.54) is 11.3 Å². The minimum Gasteiger partial charge on any atom is -0.366 e. The van der Waals surface area contributed by atoms with Crippen molar-refractivity contribution >= 4 is 21.6 Å². The van der Waals surface area contributed by atoms with Crippen molar-refractivity contribution < 1.29 is 0 Å². The van der Waals surface area contributed by atoms with Crippen molar-refractivity contribution in [1.29, 1.82) is 5.26 Å². The fraction of sp³-hybridized carbons (Fsp3) is 0.533. The van der Waals surface area contributed by atoms with Gasteiger partial charge in [0.1, 0.15) is 0 Å². The quantitative estimate of drug-likeness (QED) is 0.815. The molecular weight excluding hydrogens is 288 g/mol. The average Bonchev–Trinajstić information content (AvgIpc) is 2.60. The third-order valence-corrected chi connectivity index (χ3v) is 5.06. The standard InChI is InChI=1S/C15H19BrN2/c1-11-4-5-13(10-14(11)16)18-9-7-12(6-8-17)15(18,2)3/h4-5,10,12H,6-7,9H2,1-3H3. The molecular formula is C15H19BrN2. The molecule has 1 saturated heterocycles. The summed E-state index contributed by atoms with van der Waals surface area (Å²) in [5.41, 5.74) is 2.56. The van der Waals surface area contributed by atoms with Crippen LogP contribution >= 0.6 is 15.9 Å². The molecule has 0 radical (unpaired) electrons. The van der Waals surface area contributed by atoms with Crippen LogP contribution in [0.1, 0.15) is 32.3 Å². The van der Waals surface area contributed by atoms with Crippen molar-refractivity contribution in [2.45, 2.75) is 39.2 Å². The molecule has 0 aromatic heterocycles. The summed E-state index contributed by atoms with van der Waals surface area (Å²) in [6.07, 6.45) is 1.75. The van der Waals surface area contributed by atoms with Gasteiger partial charge in [-0.25, -0.2) is 0 Å². The van der Waals surface area contributed by atoms with Crippen LogP contribution in [-0.4, -0.2) is 12.1 Å². The van der Waals surface area contributed by atoms with E-state index >= 15 is 0 Å². The lowest BCUT2D eigenvalue weighted by Crippen LogP contribution is -2.42. The molecule has 2 nitrogen and oxygen atoms in total. The Balaban J connectivity index is 2.29. The van der Waals surface area contributed by atoms with Gasteiger partial charge in [0, 0.05) is 28.7 Å². The maximum Gasteiger partial charge on any atom is 0.0625 e. The second-order valence-corrected chi connectivity index (χ2v) is 6.44. The molecule has 96 valence electrons. The largest absolute Gasteiger partial charge is 0.366 e. The first kappa shape index (κ1) is 13.4. The highest BCUT2D eigenvalue weighted by Crippen LogP contribution is 2.40. The summed E-state index contributed by atoms with van der Waals surface area (Å²) in [5, 5.41) is 8.92. The molecule has 2 rings (SSSR count). The highest BCUT2D eigenvalue weighted by molar-refractivity contribution is 9.10. The monoisotopic (exact) mass is 306 g/mol. The number of halogens is 1. The van der Waals surface area contributed by atoms with Crippen molar-refractivity contribution in [3.63, 3.8) is 0 Å². The van der Waals surface area contributed by atoms with Gasteiger partial charge >= 0.3 is 0 Å². The Kier molecular flexibility index (Phi) is 3.68. The zero-order valence-electron chi connectivity index (χ0n) is 11.2. The smallest absolute Gasteiger partial charge is 0.0625 e. The number of nitrogens with zero attached hydrogens (tertiary/aromatic N) is 2. The SMILES string of the molecule is Cc1ccc(N2CCC(CC#N)C2(C)C)cc1Br. The lowest BCUT2D eigenvalue weighted by Gasteiger charge is -2.37. The second kappa shape index (κ2) is 4.93. The summed E-state index contributed by atoms with van der Waals surface area (Å²) in [7, 11) is 0. The zero-order valence-corrected chi connectivity index (χ0v) is 12.8. The summed E-state index contributed by atoms with van der Waals surface area (Å²) in [6.45, 7) is 7.63. The van der Waals surface area contributed by atoms with Crippen molar-refractivity contribution in [1.82, 2.24) is 0 Å². The van der Waals surface area contributed by atoms with Gasteiger partial charge in [-0.15, -0.1) is 0 Å². The Morgan fingerprint density at radius 1 is 1.50 bits per heavy atom. The number of hydrogen-bond acceptors (Lipinski definition) is 2. The first-order chi connectivity index (χ1) is 8.46. The first-order valence-electron chi connectivity index (χ1n) is 6.37. The lowest BCUT2D eigenvalue weighted by atomic mass is 9.86. The minimum atomic E-state index is 0.0599.